The van der Waals surface area contributed by atoms with E-state index >= 15 is 0 Å². The van der Waals surface area contributed by atoms with Crippen molar-refractivity contribution < 1.29 is 9.72 Å². The van der Waals surface area contributed by atoms with Crippen LogP contribution in [0.15, 0.2) is 36.7 Å². The molecule has 3 aromatic rings. The molecule has 9 heteroatoms. The van der Waals surface area contributed by atoms with Crippen molar-refractivity contribution in [3.05, 3.63) is 62.9 Å². The fourth-order valence-corrected chi connectivity index (χ4v) is 3.62. The number of rotatable bonds is 4. The zero-order valence-electron chi connectivity index (χ0n) is 16.0. The molecular formula is C20H20ClN5O3. The average Bonchev–Trinajstić information content (AvgIpc) is 3.09. The molecule has 1 aliphatic rings. The van der Waals surface area contributed by atoms with E-state index in [1.807, 2.05) is 7.05 Å². The topological polar surface area (TPSA) is 110 Å². The molecule has 29 heavy (non-hydrogen) atoms. The molecule has 0 amide bonds. The number of nitrogens with one attached hydrogen (secondary N) is 2. The molecule has 1 aromatic heterocycles. The Morgan fingerprint density at radius 3 is 2.62 bits per heavy atom. The summed E-state index contributed by atoms with van der Waals surface area (Å²) in [5.74, 6) is 0.585. The van der Waals surface area contributed by atoms with E-state index in [0.29, 0.717) is 16.7 Å². The zero-order chi connectivity index (χ0) is 21.0. The summed E-state index contributed by atoms with van der Waals surface area (Å²) < 4.78 is 0. The molecule has 4 rings (SSSR count). The maximum Gasteiger partial charge on any atom is 0.288 e. The zero-order valence-corrected chi connectivity index (χ0v) is 16.7. The van der Waals surface area contributed by atoms with Gasteiger partial charge in [0, 0.05) is 30.2 Å². The van der Waals surface area contributed by atoms with E-state index in [-0.39, 0.29) is 16.8 Å². The average molecular weight is 414 g/mol. The summed E-state index contributed by atoms with van der Waals surface area (Å²) in [5.41, 5.74) is 4.11. The van der Waals surface area contributed by atoms with E-state index in [2.05, 4.69) is 38.8 Å². The minimum absolute atomic E-state index is 0.0695. The molecule has 2 aromatic carbocycles. The van der Waals surface area contributed by atoms with E-state index in [1.165, 1.54) is 36.5 Å². The maximum atomic E-state index is 11.2. The van der Waals surface area contributed by atoms with Crippen molar-refractivity contribution in [3.63, 3.8) is 0 Å². The summed E-state index contributed by atoms with van der Waals surface area (Å²) in [7, 11) is 1.90. The molecule has 0 aliphatic heterocycles. The third-order valence-electron chi connectivity index (χ3n) is 4.67. The molecular weight excluding hydrogens is 394 g/mol. The number of halogens is 1. The van der Waals surface area contributed by atoms with Crippen LogP contribution in [0.5, 0.6) is 0 Å². The normalized spacial score (nSPS) is 14.5. The third-order valence-corrected chi connectivity index (χ3v) is 4.97. The van der Waals surface area contributed by atoms with Crippen LogP contribution >= 0.6 is 11.6 Å². The Morgan fingerprint density at radius 1 is 1.21 bits per heavy atom. The van der Waals surface area contributed by atoms with E-state index in [9.17, 15) is 10.1 Å². The third kappa shape index (κ3) is 4.43. The van der Waals surface area contributed by atoms with E-state index in [1.54, 1.807) is 0 Å². The summed E-state index contributed by atoms with van der Waals surface area (Å²) in [6.45, 7) is 1.44. The Kier molecular flexibility index (Phi) is 6.23. The van der Waals surface area contributed by atoms with Gasteiger partial charge in [-0.15, -0.1) is 0 Å². The smallest absolute Gasteiger partial charge is 0.288 e. The lowest BCUT2D eigenvalue weighted by atomic mass is 10.1. The Morgan fingerprint density at radius 2 is 1.93 bits per heavy atom. The van der Waals surface area contributed by atoms with Gasteiger partial charge in [-0.25, -0.2) is 9.97 Å². The Labute approximate surface area is 172 Å². The molecule has 0 radical (unpaired) electrons. The number of carbonyl (C=O) groups is 1. The molecule has 1 aliphatic carbocycles. The Bertz CT molecular complexity index is 1070. The molecule has 0 bridgehead atoms. The van der Waals surface area contributed by atoms with Gasteiger partial charge in [-0.05, 0) is 49.1 Å². The number of nitro benzene ring substituents is 1. The van der Waals surface area contributed by atoms with E-state index < -0.39 is 4.92 Å². The van der Waals surface area contributed by atoms with Crippen LogP contribution in [-0.4, -0.2) is 34.3 Å². The van der Waals surface area contributed by atoms with Crippen LogP contribution in [0, 0.1) is 10.1 Å². The number of anilines is 2. The van der Waals surface area contributed by atoms with E-state index in [0.717, 1.165) is 24.8 Å². The molecule has 150 valence electrons. The second kappa shape index (κ2) is 8.83. The summed E-state index contributed by atoms with van der Waals surface area (Å²) in [5, 5.41) is 18.4. The van der Waals surface area contributed by atoms with Crippen molar-refractivity contribution >= 4 is 46.0 Å². The first-order valence-electron chi connectivity index (χ1n) is 9.01. The molecule has 0 fully saturated rings. The Hall–Kier alpha value is -3.26. The fraction of sp³-hybridized carbons (Fsp3) is 0.250. The summed E-state index contributed by atoms with van der Waals surface area (Å²) >= 11 is 5.98. The number of hydrogen-bond acceptors (Lipinski definition) is 7. The standard InChI is InChI=1S/C18H16ClN5O2.C2H4O/c1-20-12-3-2-10-4-13(6-11(10)5-12)23-18-14-7-17(24(25)26)15(19)8-16(14)21-9-22-18;1-2-3/h2-3,5,7-9,13,20H,4,6H2,1H3,(H,21,22,23);2H,1H3. The van der Waals surface area contributed by atoms with Gasteiger partial charge in [-0.2, -0.15) is 0 Å². The highest BCUT2D eigenvalue weighted by Gasteiger charge is 2.23. The van der Waals surface area contributed by atoms with Gasteiger partial charge in [0.1, 0.15) is 23.5 Å². The summed E-state index contributed by atoms with van der Waals surface area (Å²) in [6.07, 6.45) is 3.93. The second-order valence-corrected chi connectivity index (χ2v) is 6.93. The number of benzene rings is 2. The highest BCUT2D eigenvalue weighted by Crippen LogP contribution is 2.33. The van der Waals surface area contributed by atoms with Crippen molar-refractivity contribution in [2.45, 2.75) is 25.8 Å². The molecule has 1 heterocycles. The predicted octanol–water partition coefficient (Wildman–Crippen LogP) is 4.02. The van der Waals surface area contributed by atoms with Crippen molar-refractivity contribution in [2.24, 2.45) is 0 Å². The van der Waals surface area contributed by atoms with Crippen LogP contribution < -0.4 is 10.6 Å². The van der Waals surface area contributed by atoms with Gasteiger partial charge in [0.05, 0.1) is 10.4 Å². The minimum atomic E-state index is -0.497. The maximum absolute atomic E-state index is 11.2. The van der Waals surface area contributed by atoms with Crippen molar-refractivity contribution in [1.82, 2.24) is 9.97 Å². The van der Waals surface area contributed by atoms with Crippen molar-refractivity contribution in [1.29, 1.82) is 0 Å². The molecule has 0 saturated carbocycles. The predicted molar refractivity (Wildman–Crippen MR) is 114 cm³/mol. The van der Waals surface area contributed by atoms with Crippen LogP contribution in [0.2, 0.25) is 5.02 Å². The Balaban J connectivity index is 0.000000755. The first-order valence-corrected chi connectivity index (χ1v) is 9.39. The molecule has 1 unspecified atom stereocenters. The van der Waals surface area contributed by atoms with E-state index in [4.69, 9.17) is 16.4 Å². The first-order chi connectivity index (χ1) is 14.0. The van der Waals surface area contributed by atoms with Gasteiger partial charge in [0.15, 0.2) is 0 Å². The van der Waals surface area contributed by atoms with Gasteiger partial charge < -0.3 is 15.4 Å². The van der Waals surface area contributed by atoms with Crippen LogP contribution in [0.25, 0.3) is 10.9 Å². The van der Waals surface area contributed by atoms with Gasteiger partial charge in [0.2, 0.25) is 0 Å². The number of fused-ring (bicyclic) bond motifs is 2. The van der Waals surface area contributed by atoms with Crippen LogP contribution in [-0.2, 0) is 17.6 Å². The van der Waals surface area contributed by atoms with Gasteiger partial charge in [-0.1, -0.05) is 17.7 Å². The lowest BCUT2D eigenvalue weighted by Crippen LogP contribution is -2.20. The quantitative estimate of drug-likeness (QED) is 0.377. The number of nitrogens with zero attached hydrogens (tertiary/aromatic N) is 3. The number of aldehydes is 1. The molecule has 1 atom stereocenters. The lowest BCUT2D eigenvalue weighted by molar-refractivity contribution is -0.384. The number of nitro groups is 1. The molecule has 2 N–H and O–H groups in total. The first kappa shape index (κ1) is 20.5. The van der Waals surface area contributed by atoms with Crippen LogP contribution in [0.4, 0.5) is 17.2 Å². The largest absolute Gasteiger partial charge is 0.388 e. The van der Waals surface area contributed by atoms with Crippen LogP contribution in [0.3, 0.4) is 0 Å². The molecule has 0 spiro atoms. The summed E-state index contributed by atoms with van der Waals surface area (Å²) in [6, 6.07) is 9.45. The second-order valence-electron chi connectivity index (χ2n) is 6.52. The molecule has 8 nitrogen and oxygen atoms in total. The molecule has 0 saturated heterocycles. The number of aromatic nitrogens is 2. The van der Waals surface area contributed by atoms with Gasteiger partial charge in [0.25, 0.3) is 5.69 Å². The van der Waals surface area contributed by atoms with Crippen molar-refractivity contribution in [3.8, 4) is 0 Å². The van der Waals surface area contributed by atoms with Gasteiger partial charge in [-0.3, -0.25) is 10.1 Å². The van der Waals surface area contributed by atoms with Gasteiger partial charge >= 0.3 is 0 Å². The highest BCUT2D eigenvalue weighted by atomic mass is 35.5. The minimum Gasteiger partial charge on any atom is -0.388 e. The van der Waals surface area contributed by atoms with Crippen molar-refractivity contribution in [2.75, 3.05) is 17.7 Å². The number of carbonyl (C=O) groups excluding carboxylic acids is 1. The van der Waals surface area contributed by atoms with Crippen LogP contribution in [0.1, 0.15) is 18.1 Å². The monoisotopic (exact) mass is 413 g/mol. The highest BCUT2D eigenvalue weighted by molar-refractivity contribution is 6.33. The lowest BCUT2D eigenvalue weighted by Gasteiger charge is -2.14. The SMILES string of the molecule is CC=O.CNc1ccc2c(c1)CC(Nc1ncnc3cc(Cl)c([N+](=O)[O-])cc13)C2. The number of hydrogen-bond donors (Lipinski definition) is 2. The fourth-order valence-electron chi connectivity index (χ4n) is 3.39. The summed E-state index contributed by atoms with van der Waals surface area (Å²) in [4.78, 5) is 28.0.